The molecule has 4 nitrogen and oxygen atoms in total. The highest BCUT2D eigenvalue weighted by molar-refractivity contribution is 8.27. The van der Waals surface area contributed by atoms with E-state index in [1.54, 1.807) is 25.3 Å². The van der Waals surface area contributed by atoms with Crippen LogP contribution in [-0.2, 0) is 4.79 Å². The molecular formula is C23H18ClNO3S2. The monoisotopic (exact) mass is 455 g/mol. The fraction of sp³-hybridized carbons (Fsp3) is 0.130. The Labute approximate surface area is 189 Å². The van der Waals surface area contributed by atoms with Crippen LogP contribution in [0.3, 0.4) is 0 Å². The highest BCUT2D eigenvalue weighted by atomic mass is 35.5. The van der Waals surface area contributed by atoms with E-state index >= 15 is 0 Å². The summed E-state index contributed by atoms with van der Waals surface area (Å²) < 4.78 is 11.5. The Morgan fingerprint density at radius 1 is 1.13 bits per heavy atom. The third-order valence-electron chi connectivity index (χ3n) is 4.69. The first kappa shape index (κ1) is 20.7. The lowest BCUT2D eigenvalue weighted by Gasteiger charge is -2.16. The van der Waals surface area contributed by atoms with E-state index in [0.29, 0.717) is 32.3 Å². The number of hydrogen-bond acceptors (Lipinski definition) is 5. The molecule has 1 saturated heterocycles. The zero-order valence-corrected chi connectivity index (χ0v) is 18.7. The number of methoxy groups -OCH3 is 1. The first-order chi connectivity index (χ1) is 14.5. The number of thioether (sulfide) groups is 1. The second-order valence-electron chi connectivity index (χ2n) is 6.47. The van der Waals surface area contributed by atoms with Crippen LogP contribution in [0.1, 0.15) is 12.5 Å². The Kier molecular flexibility index (Phi) is 5.99. The maximum absolute atomic E-state index is 13.2. The van der Waals surface area contributed by atoms with Crippen LogP contribution in [0.5, 0.6) is 11.5 Å². The molecule has 1 heterocycles. The fourth-order valence-electron chi connectivity index (χ4n) is 3.32. The second-order valence-corrected chi connectivity index (χ2v) is 8.55. The quantitative estimate of drug-likeness (QED) is 0.333. The van der Waals surface area contributed by atoms with Gasteiger partial charge in [-0.3, -0.25) is 9.69 Å². The summed E-state index contributed by atoms with van der Waals surface area (Å²) in [5, 5.41) is 2.51. The van der Waals surface area contributed by atoms with Gasteiger partial charge in [-0.25, -0.2) is 0 Å². The number of halogens is 1. The molecule has 1 aliphatic rings. The number of ether oxygens (including phenoxy) is 2. The number of amides is 1. The van der Waals surface area contributed by atoms with Gasteiger partial charge < -0.3 is 9.47 Å². The van der Waals surface area contributed by atoms with Crippen LogP contribution in [0.4, 0.5) is 5.69 Å². The Morgan fingerprint density at radius 2 is 1.90 bits per heavy atom. The zero-order chi connectivity index (χ0) is 21.3. The van der Waals surface area contributed by atoms with E-state index in [0.717, 1.165) is 22.1 Å². The Morgan fingerprint density at radius 3 is 2.63 bits per heavy atom. The summed E-state index contributed by atoms with van der Waals surface area (Å²) in [5.41, 5.74) is 1.47. The van der Waals surface area contributed by atoms with Crippen LogP contribution in [0.2, 0.25) is 5.02 Å². The van der Waals surface area contributed by atoms with Crippen LogP contribution < -0.4 is 14.4 Å². The molecule has 1 amide bonds. The van der Waals surface area contributed by atoms with Crippen molar-refractivity contribution in [1.82, 2.24) is 0 Å². The van der Waals surface area contributed by atoms with Crippen molar-refractivity contribution in [3.8, 4) is 11.5 Å². The summed E-state index contributed by atoms with van der Waals surface area (Å²) in [6.07, 6.45) is 1.86. The number of thiocarbonyl (C=S) groups is 1. The number of carbonyl (C=O) groups excluding carboxylic acids is 1. The van der Waals surface area contributed by atoms with Crippen LogP contribution in [-0.4, -0.2) is 23.9 Å². The molecule has 0 N–H and O–H groups in total. The maximum Gasteiger partial charge on any atom is 0.270 e. The van der Waals surface area contributed by atoms with E-state index in [-0.39, 0.29) is 5.91 Å². The molecule has 0 atom stereocenters. The molecule has 0 aromatic heterocycles. The van der Waals surface area contributed by atoms with Crippen LogP contribution in [0.25, 0.3) is 16.8 Å². The minimum Gasteiger partial charge on any atom is -0.495 e. The third kappa shape index (κ3) is 3.78. The topological polar surface area (TPSA) is 38.8 Å². The standard InChI is InChI=1S/C23H18ClNO3S2/c1-3-28-19-10-8-14-6-4-5-7-16(14)17(19)13-21-22(26)25(23(29)30-21)15-9-11-20(27-2)18(24)12-15/h4-13H,3H2,1-2H3/b21-13+. The van der Waals surface area contributed by atoms with Gasteiger partial charge in [0, 0.05) is 5.56 Å². The summed E-state index contributed by atoms with van der Waals surface area (Å²) in [6.45, 7) is 2.47. The largest absolute Gasteiger partial charge is 0.495 e. The Hall–Kier alpha value is -2.54. The lowest BCUT2D eigenvalue weighted by molar-refractivity contribution is -0.113. The molecule has 152 valence electrons. The molecule has 3 aromatic carbocycles. The van der Waals surface area contributed by atoms with Crippen molar-refractivity contribution in [1.29, 1.82) is 0 Å². The van der Waals surface area contributed by atoms with E-state index in [1.165, 1.54) is 16.7 Å². The average molecular weight is 456 g/mol. The molecule has 0 radical (unpaired) electrons. The second kappa shape index (κ2) is 8.68. The van der Waals surface area contributed by atoms with Crippen molar-refractivity contribution in [2.24, 2.45) is 0 Å². The van der Waals surface area contributed by atoms with Gasteiger partial charge in [0.25, 0.3) is 5.91 Å². The molecule has 0 saturated carbocycles. The number of fused-ring (bicyclic) bond motifs is 1. The summed E-state index contributed by atoms with van der Waals surface area (Å²) >= 11 is 13.0. The van der Waals surface area contributed by atoms with Gasteiger partial charge in [0.15, 0.2) is 4.32 Å². The van der Waals surface area contributed by atoms with Crippen LogP contribution in [0.15, 0.2) is 59.5 Å². The van der Waals surface area contributed by atoms with Crippen molar-refractivity contribution in [3.05, 3.63) is 70.1 Å². The Bertz CT molecular complexity index is 1190. The number of rotatable bonds is 5. The van der Waals surface area contributed by atoms with E-state index in [1.807, 2.05) is 49.4 Å². The number of hydrogen-bond donors (Lipinski definition) is 0. The molecule has 3 aromatic rings. The van der Waals surface area contributed by atoms with Crippen molar-refractivity contribution in [2.45, 2.75) is 6.92 Å². The van der Waals surface area contributed by atoms with E-state index in [4.69, 9.17) is 33.3 Å². The molecule has 0 bridgehead atoms. The van der Waals surface area contributed by atoms with Gasteiger partial charge in [-0.1, -0.05) is 65.9 Å². The Balaban J connectivity index is 1.77. The van der Waals surface area contributed by atoms with Crippen molar-refractivity contribution >= 4 is 68.3 Å². The minimum atomic E-state index is -0.193. The van der Waals surface area contributed by atoms with Gasteiger partial charge >= 0.3 is 0 Å². The lowest BCUT2D eigenvalue weighted by Crippen LogP contribution is -2.27. The summed E-state index contributed by atoms with van der Waals surface area (Å²) in [6, 6.07) is 17.1. The third-order valence-corrected chi connectivity index (χ3v) is 6.29. The number of nitrogens with zero attached hydrogens (tertiary/aromatic N) is 1. The van der Waals surface area contributed by atoms with E-state index in [2.05, 4.69) is 0 Å². The van der Waals surface area contributed by atoms with Crippen molar-refractivity contribution in [2.75, 3.05) is 18.6 Å². The SMILES string of the molecule is CCOc1ccc2ccccc2c1/C=C1/SC(=S)N(c2ccc(OC)c(Cl)c2)C1=O. The molecule has 1 fully saturated rings. The normalized spacial score (nSPS) is 15.3. The van der Waals surface area contributed by atoms with E-state index < -0.39 is 0 Å². The molecular weight excluding hydrogens is 438 g/mol. The highest BCUT2D eigenvalue weighted by Gasteiger charge is 2.34. The van der Waals surface area contributed by atoms with Gasteiger partial charge in [-0.15, -0.1) is 0 Å². The molecule has 1 aliphatic heterocycles. The average Bonchev–Trinajstić information content (AvgIpc) is 3.02. The molecule has 7 heteroatoms. The van der Waals surface area contributed by atoms with Crippen LogP contribution >= 0.6 is 35.6 Å². The fourth-order valence-corrected chi connectivity index (χ4v) is 4.85. The summed E-state index contributed by atoms with van der Waals surface area (Å²) in [7, 11) is 1.55. The van der Waals surface area contributed by atoms with Gasteiger partial charge in [0.2, 0.25) is 0 Å². The molecule has 0 aliphatic carbocycles. The smallest absolute Gasteiger partial charge is 0.270 e. The zero-order valence-electron chi connectivity index (χ0n) is 16.3. The lowest BCUT2D eigenvalue weighted by atomic mass is 10.0. The maximum atomic E-state index is 13.2. The number of carbonyl (C=O) groups is 1. The number of anilines is 1. The predicted molar refractivity (Wildman–Crippen MR) is 129 cm³/mol. The van der Waals surface area contributed by atoms with E-state index in [9.17, 15) is 4.79 Å². The predicted octanol–water partition coefficient (Wildman–Crippen LogP) is 6.31. The first-order valence-corrected chi connectivity index (χ1v) is 10.9. The van der Waals surface area contributed by atoms with Gasteiger partial charge in [-0.05, 0) is 48.0 Å². The van der Waals surface area contributed by atoms with Gasteiger partial charge in [-0.2, -0.15) is 0 Å². The van der Waals surface area contributed by atoms with Crippen molar-refractivity contribution in [3.63, 3.8) is 0 Å². The molecule has 30 heavy (non-hydrogen) atoms. The number of benzene rings is 3. The minimum absolute atomic E-state index is 0.193. The van der Waals surface area contributed by atoms with Crippen molar-refractivity contribution < 1.29 is 14.3 Å². The molecule has 0 unspecified atom stereocenters. The van der Waals surface area contributed by atoms with Gasteiger partial charge in [0.1, 0.15) is 11.5 Å². The van der Waals surface area contributed by atoms with Gasteiger partial charge in [0.05, 0.1) is 29.3 Å². The first-order valence-electron chi connectivity index (χ1n) is 9.29. The summed E-state index contributed by atoms with van der Waals surface area (Å²) in [4.78, 5) is 15.2. The summed E-state index contributed by atoms with van der Waals surface area (Å²) in [5.74, 6) is 1.08. The molecule has 0 spiro atoms. The highest BCUT2D eigenvalue weighted by Crippen LogP contribution is 2.40. The molecule has 4 rings (SSSR count). The van der Waals surface area contributed by atoms with Crippen LogP contribution in [0, 0.1) is 0 Å².